The van der Waals surface area contributed by atoms with E-state index in [1.54, 1.807) is 12.1 Å². The molecular formula is C17H19FN2S. The van der Waals surface area contributed by atoms with Crippen molar-refractivity contribution in [2.24, 2.45) is 0 Å². The Morgan fingerprint density at radius 2 is 1.90 bits per heavy atom. The Labute approximate surface area is 130 Å². The van der Waals surface area contributed by atoms with Crippen LogP contribution in [0.2, 0.25) is 0 Å². The van der Waals surface area contributed by atoms with Gasteiger partial charge in [-0.2, -0.15) is 0 Å². The molecule has 0 aromatic heterocycles. The molecule has 2 aromatic rings. The Morgan fingerprint density at radius 3 is 2.57 bits per heavy atom. The standard InChI is InChI=1S/C17H19FN2S/c1-11-7-8-16(12(2)9-11)13(3)19-17(21)20-15-6-4-5-14(18)10-15/h4-10,13H,1-3H3,(H2,19,20,21). The Balaban J connectivity index is 2.02. The quantitative estimate of drug-likeness (QED) is 0.817. The first-order valence-electron chi connectivity index (χ1n) is 6.86. The van der Waals surface area contributed by atoms with Crippen LogP contribution in [0.25, 0.3) is 0 Å². The van der Waals surface area contributed by atoms with Gasteiger partial charge in [0.25, 0.3) is 0 Å². The molecule has 1 atom stereocenters. The van der Waals surface area contributed by atoms with Gasteiger partial charge in [-0.05, 0) is 62.3 Å². The third-order valence-electron chi connectivity index (χ3n) is 3.32. The van der Waals surface area contributed by atoms with Crippen molar-refractivity contribution in [2.45, 2.75) is 26.8 Å². The van der Waals surface area contributed by atoms with Gasteiger partial charge in [-0.25, -0.2) is 4.39 Å². The Kier molecular flexibility index (Phi) is 4.91. The van der Waals surface area contributed by atoms with Gasteiger partial charge in [-0.3, -0.25) is 0 Å². The molecule has 0 saturated carbocycles. The molecule has 0 spiro atoms. The summed E-state index contributed by atoms with van der Waals surface area (Å²) in [5.74, 6) is -0.287. The molecule has 0 fully saturated rings. The van der Waals surface area contributed by atoms with E-state index in [1.165, 1.54) is 28.8 Å². The van der Waals surface area contributed by atoms with Crippen molar-refractivity contribution in [2.75, 3.05) is 5.32 Å². The lowest BCUT2D eigenvalue weighted by Crippen LogP contribution is -2.31. The van der Waals surface area contributed by atoms with Crippen LogP contribution in [0.15, 0.2) is 42.5 Å². The summed E-state index contributed by atoms with van der Waals surface area (Å²) in [6.07, 6.45) is 0. The number of benzene rings is 2. The molecule has 1 unspecified atom stereocenters. The van der Waals surface area contributed by atoms with Crippen molar-refractivity contribution in [1.29, 1.82) is 0 Å². The van der Waals surface area contributed by atoms with E-state index in [0.29, 0.717) is 10.8 Å². The number of rotatable bonds is 3. The number of nitrogens with one attached hydrogen (secondary N) is 2. The average Bonchev–Trinajstić information content (AvgIpc) is 2.38. The summed E-state index contributed by atoms with van der Waals surface area (Å²) in [6, 6.07) is 12.7. The summed E-state index contributed by atoms with van der Waals surface area (Å²) in [4.78, 5) is 0. The lowest BCUT2D eigenvalue weighted by molar-refractivity contribution is 0.628. The van der Waals surface area contributed by atoms with E-state index >= 15 is 0 Å². The van der Waals surface area contributed by atoms with Crippen LogP contribution >= 0.6 is 12.2 Å². The zero-order chi connectivity index (χ0) is 15.4. The number of hydrogen-bond acceptors (Lipinski definition) is 1. The molecule has 2 nitrogen and oxygen atoms in total. The fourth-order valence-corrected chi connectivity index (χ4v) is 2.61. The van der Waals surface area contributed by atoms with E-state index in [-0.39, 0.29) is 11.9 Å². The molecule has 2 aromatic carbocycles. The summed E-state index contributed by atoms with van der Waals surface area (Å²) >= 11 is 5.28. The van der Waals surface area contributed by atoms with E-state index in [4.69, 9.17) is 12.2 Å². The van der Waals surface area contributed by atoms with Gasteiger partial charge in [0.05, 0.1) is 6.04 Å². The molecule has 0 aliphatic heterocycles. The highest BCUT2D eigenvalue weighted by Crippen LogP contribution is 2.19. The van der Waals surface area contributed by atoms with Gasteiger partial charge in [-0.1, -0.05) is 29.8 Å². The van der Waals surface area contributed by atoms with E-state index in [2.05, 4.69) is 49.6 Å². The lowest BCUT2D eigenvalue weighted by atomic mass is 10.0. The minimum absolute atomic E-state index is 0.0826. The van der Waals surface area contributed by atoms with Crippen molar-refractivity contribution in [3.63, 3.8) is 0 Å². The minimum atomic E-state index is -0.287. The summed E-state index contributed by atoms with van der Waals surface area (Å²) < 4.78 is 13.1. The monoisotopic (exact) mass is 302 g/mol. The molecule has 0 heterocycles. The molecule has 2 N–H and O–H groups in total. The number of anilines is 1. The van der Waals surface area contributed by atoms with Crippen LogP contribution in [0.3, 0.4) is 0 Å². The highest BCUT2D eigenvalue weighted by atomic mass is 32.1. The molecule has 21 heavy (non-hydrogen) atoms. The molecule has 0 aliphatic rings. The third-order valence-corrected chi connectivity index (χ3v) is 3.54. The van der Waals surface area contributed by atoms with Crippen molar-refractivity contribution < 1.29 is 4.39 Å². The predicted molar refractivity (Wildman–Crippen MR) is 90.1 cm³/mol. The van der Waals surface area contributed by atoms with Crippen LogP contribution in [0.4, 0.5) is 10.1 Å². The van der Waals surface area contributed by atoms with E-state index in [0.717, 1.165) is 0 Å². The maximum Gasteiger partial charge on any atom is 0.171 e. The van der Waals surface area contributed by atoms with E-state index in [1.807, 2.05) is 0 Å². The summed E-state index contributed by atoms with van der Waals surface area (Å²) in [5.41, 5.74) is 4.30. The van der Waals surface area contributed by atoms with Crippen molar-refractivity contribution in [3.05, 3.63) is 65.0 Å². The fourth-order valence-electron chi connectivity index (χ4n) is 2.32. The highest BCUT2D eigenvalue weighted by Gasteiger charge is 2.10. The van der Waals surface area contributed by atoms with Crippen molar-refractivity contribution >= 4 is 23.0 Å². The summed E-state index contributed by atoms with van der Waals surface area (Å²) in [6.45, 7) is 6.21. The number of hydrogen-bond donors (Lipinski definition) is 2. The Morgan fingerprint density at radius 1 is 1.14 bits per heavy atom. The molecule has 0 saturated heterocycles. The summed E-state index contributed by atoms with van der Waals surface area (Å²) in [5, 5.41) is 6.70. The van der Waals surface area contributed by atoms with Gasteiger partial charge in [0.1, 0.15) is 5.82 Å². The molecule has 0 aliphatic carbocycles. The van der Waals surface area contributed by atoms with Crippen LogP contribution in [0, 0.1) is 19.7 Å². The van der Waals surface area contributed by atoms with Gasteiger partial charge in [0, 0.05) is 5.69 Å². The van der Waals surface area contributed by atoms with Crippen LogP contribution in [-0.2, 0) is 0 Å². The second-order valence-corrected chi connectivity index (χ2v) is 5.60. The first-order chi connectivity index (χ1) is 9.95. The third kappa shape index (κ3) is 4.26. The molecule has 0 bridgehead atoms. The molecule has 0 radical (unpaired) electrons. The zero-order valence-electron chi connectivity index (χ0n) is 12.4. The minimum Gasteiger partial charge on any atom is -0.356 e. The largest absolute Gasteiger partial charge is 0.356 e. The number of halogens is 1. The van der Waals surface area contributed by atoms with Gasteiger partial charge in [-0.15, -0.1) is 0 Å². The number of thiocarbonyl (C=S) groups is 1. The fraction of sp³-hybridized carbons (Fsp3) is 0.235. The van der Waals surface area contributed by atoms with Crippen LogP contribution < -0.4 is 10.6 Å². The zero-order valence-corrected chi connectivity index (χ0v) is 13.2. The first kappa shape index (κ1) is 15.4. The second kappa shape index (κ2) is 6.68. The van der Waals surface area contributed by atoms with E-state index < -0.39 is 0 Å². The smallest absolute Gasteiger partial charge is 0.171 e. The average molecular weight is 302 g/mol. The van der Waals surface area contributed by atoms with Gasteiger partial charge >= 0.3 is 0 Å². The Bertz CT molecular complexity index is 655. The van der Waals surface area contributed by atoms with Gasteiger partial charge < -0.3 is 10.6 Å². The Hall–Kier alpha value is -1.94. The summed E-state index contributed by atoms with van der Waals surface area (Å²) in [7, 11) is 0. The normalized spacial score (nSPS) is 11.8. The molecular weight excluding hydrogens is 283 g/mol. The van der Waals surface area contributed by atoms with Gasteiger partial charge in [0.15, 0.2) is 5.11 Å². The SMILES string of the molecule is Cc1ccc(C(C)NC(=S)Nc2cccc(F)c2)c(C)c1. The number of aryl methyl sites for hydroxylation is 2. The molecule has 0 amide bonds. The molecule has 4 heteroatoms. The molecule has 2 rings (SSSR count). The maximum absolute atomic E-state index is 13.1. The van der Waals surface area contributed by atoms with E-state index in [9.17, 15) is 4.39 Å². The topological polar surface area (TPSA) is 24.1 Å². The second-order valence-electron chi connectivity index (χ2n) is 5.19. The first-order valence-corrected chi connectivity index (χ1v) is 7.27. The van der Waals surface area contributed by atoms with Crippen LogP contribution in [-0.4, -0.2) is 5.11 Å². The molecule has 110 valence electrons. The van der Waals surface area contributed by atoms with Gasteiger partial charge in [0.2, 0.25) is 0 Å². The highest BCUT2D eigenvalue weighted by molar-refractivity contribution is 7.80. The van der Waals surface area contributed by atoms with Crippen molar-refractivity contribution in [1.82, 2.24) is 5.32 Å². The van der Waals surface area contributed by atoms with Crippen LogP contribution in [0.5, 0.6) is 0 Å². The predicted octanol–water partition coefficient (Wildman–Crippen LogP) is 4.49. The lowest BCUT2D eigenvalue weighted by Gasteiger charge is -2.19. The van der Waals surface area contributed by atoms with Crippen LogP contribution in [0.1, 0.15) is 29.7 Å². The maximum atomic E-state index is 13.1. The van der Waals surface area contributed by atoms with Crippen molar-refractivity contribution in [3.8, 4) is 0 Å².